The zero-order valence-corrected chi connectivity index (χ0v) is 13.6. The molecule has 2 rings (SSSR count). The van der Waals surface area contributed by atoms with E-state index >= 15 is 0 Å². The number of benzene rings is 2. The van der Waals surface area contributed by atoms with Gasteiger partial charge in [-0.3, -0.25) is 0 Å². The van der Waals surface area contributed by atoms with E-state index in [1.807, 2.05) is 43.1 Å². The zero-order chi connectivity index (χ0) is 14.4. The van der Waals surface area contributed by atoms with Gasteiger partial charge in [-0.25, -0.2) is 0 Å². The van der Waals surface area contributed by atoms with Crippen LogP contribution in [-0.2, 0) is 6.42 Å². The van der Waals surface area contributed by atoms with Crippen molar-refractivity contribution in [3.63, 3.8) is 0 Å². The average molecular weight is 326 g/mol. The molecule has 0 aromatic heterocycles. The number of hydrogen-bond donors (Lipinski definition) is 1. The predicted molar refractivity (Wildman–Crippen MR) is 90.2 cm³/mol. The topological polar surface area (TPSA) is 12.0 Å². The summed E-state index contributed by atoms with van der Waals surface area (Å²) >= 11 is 14.1. The molecule has 0 amide bonds. The minimum atomic E-state index is 0.358. The second-order valence-electron chi connectivity index (χ2n) is 4.53. The lowest BCUT2D eigenvalue weighted by Gasteiger charge is -2.17. The van der Waals surface area contributed by atoms with Crippen LogP contribution in [0, 0.1) is 0 Å². The summed E-state index contributed by atoms with van der Waals surface area (Å²) in [4.78, 5) is 1.28. The molecule has 0 saturated carbocycles. The van der Waals surface area contributed by atoms with Crippen molar-refractivity contribution in [1.82, 2.24) is 5.32 Å². The van der Waals surface area contributed by atoms with Gasteiger partial charge in [-0.15, -0.1) is 11.8 Å². The Hall–Kier alpha value is -0.670. The minimum Gasteiger partial charge on any atom is -0.316 e. The maximum absolute atomic E-state index is 6.24. The molecule has 0 radical (unpaired) electrons. The first-order valence-electron chi connectivity index (χ1n) is 6.48. The molecule has 0 bridgehead atoms. The van der Waals surface area contributed by atoms with Crippen molar-refractivity contribution in [3.8, 4) is 0 Å². The van der Waals surface area contributed by atoms with Gasteiger partial charge in [0.05, 0.1) is 10.0 Å². The SMILES string of the molecule is CNC(CSc1ccccc1)Cc1cccc(Cl)c1Cl. The molecule has 20 heavy (non-hydrogen) atoms. The second-order valence-corrected chi connectivity index (χ2v) is 6.41. The summed E-state index contributed by atoms with van der Waals surface area (Å²) in [7, 11) is 1.98. The third kappa shape index (κ3) is 4.42. The fourth-order valence-electron chi connectivity index (χ4n) is 1.93. The highest BCUT2D eigenvalue weighted by Gasteiger charge is 2.12. The molecular formula is C16H17Cl2NS. The van der Waals surface area contributed by atoms with E-state index in [-0.39, 0.29) is 0 Å². The largest absolute Gasteiger partial charge is 0.316 e. The Balaban J connectivity index is 1.97. The summed E-state index contributed by atoms with van der Waals surface area (Å²) in [6.07, 6.45) is 0.871. The Bertz CT molecular complexity index is 545. The molecule has 4 heteroatoms. The second kappa shape index (κ2) is 7.94. The van der Waals surface area contributed by atoms with Gasteiger partial charge in [0.1, 0.15) is 0 Å². The number of likely N-dealkylation sites (N-methyl/N-ethyl adjacent to an activating group) is 1. The highest BCUT2D eigenvalue weighted by molar-refractivity contribution is 7.99. The molecule has 0 heterocycles. The van der Waals surface area contributed by atoms with E-state index in [2.05, 4.69) is 29.6 Å². The number of hydrogen-bond acceptors (Lipinski definition) is 2. The summed E-state index contributed by atoms with van der Waals surface area (Å²) in [6, 6.07) is 16.6. The van der Waals surface area contributed by atoms with Crippen molar-refractivity contribution in [2.24, 2.45) is 0 Å². The van der Waals surface area contributed by atoms with Gasteiger partial charge in [0, 0.05) is 16.7 Å². The van der Waals surface area contributed by atoms with Crippen LogP contribution in [0.4, 0.5) is 0 Å². The Morgan fingerprint density at radius 1 is 1.05 bits per heavy atom. The fourth-order valence-corrected chi connectivity index (χ4v) is 3.35. The number of rotatable bonds is 6. The predicted octanol–water partition coefficient (Wildman–Crippen LogP) is 4.92. The normalized spacial score (nSPS) is 12.3. The maximum atomic E-state index is 6.24. The van der Waals surface area contributed by atoms with E-state index in [4.69, 9.17) is 23.2 Å². The molecule has 1 nitrogen and oxygen atoms in total. The standard InChI is InChI=1S/C16H17Cl2NS/c1-19-13(11-20-14-7-3-2-4-8-14)10-12-6-5-9-15(17)16(12)18/h2-9,13,19H,10-11H2,1H3. The monoisotopic (exact) mass is 325 g/mol. The molecule has 1 N–H and O–H groups in total. The smallest absolute Gasteiger partial charge is 0.0624 e. The first-order chi connectivity index (χ1) is 9.70. The van der Waals surface area contributed by atoms with Crippen LogP contribution in [0.15, 0.2) is 53.4 Å². The fraction of sp³-hybridized carbons (Fsp3) is 0.250. The lowest BCUT2D eigenvalue weighted by molar-refractivity contribution is 0.617. The first-order valence-corrected chi connectivity index (χ1v) is 8.23. The Labute approximate surface area is 134 Å². The molecule has 0 aliphatic carbocycles. The van der Waals surface area contributed by atoms with E-state index < -0.39 is 0 Å². The van der Waals surface area contributed by atoms with Crippen molar-refractivity contribution < 1.29 is 0 Å². The zero-order valence-electron chi connectivity index (χ0n) is 11.3. The Morgan fingerprint density at radius 2 is 1.80 bits per heavy atom. The quantitative estimate of drug-likeness (QED) is 0.757. The summed E-state index contributed by atoms with van der Waals surface area (Å²) in [5.74, 6) is 0.989. The van der Waals surface area contributed by atoms with Crippen molar-refractivity contribution >= 4 is 35.0 Å². The van der Waals surface area contributed by atoms with Crippen LogP contribution in [0.1, 0.15) is 5.56 Å². The molecule has 2 aromatic rings. The molecule has 2 aromatic carbocycles. The summed E-state index contributed by atoms with van der Waals surface area (Å²) in [6.45, 7) is 0. The minimum absolute atomic E-state index is 0.358. The van der Waals surface area contributed by atoms with Crippen molar-refractivity contribution in [3.05, 3.63) is 64.1 Å². The van der Waals surface area contributed by atoms with Crippen molar-refractivity contribution in [2.75, 3.05) is 12.8 Å². The van der Waals surface area contributed by atoms with Crippen LogP contribution in [0.25, 0.3) is 0 Å². The van der Waals surface area contributed by atoms with E-state index in [9.17, 15) is 0 Å². The third-order valence-corrected chi connectivity index (χ3v) is 5.13. The summed E-state index contributed by atoms with van der Waals surface area (Å²) in [5, 5.41) is 4.63. The molecule has 0 saturated heterocycles. The lowest BCUT2D eigenvalue weighted by Crippen LogP contribution is -2.30. The van der Waals surface area contributed by atoms with E-state index in [1.165, 1.54) is 4.90 Å². The molecule has 0 fully saturated rings. The van der Waals surface area contributed by atoms with Crippen LogP contribution in [0.5, 0.6) is 0 Å². The van der Waals surface area contributed by atoms with E-state index in [0.717, 1.165) is 17.7 Å². The van der Waals surface area contributed by atoms with Gasteiger partial charge in [-0.1, -0.05) is 53.5 Å². The van der Waals surface area contributed by atoms with Gasteiger partial charge in [0.15, 0.2) is 0 Å². The number of thioether (sulfide) groups is 1. The molecule has 106 valence electrons. The van der Waals surface area contributed by atoms with Crippen LogP contribution in [0.2, 0.25) is 10.0 Å². The molecule has 1 unspecified atom stereocenters. The maximum Gasteiger partial charge on any atom is 0.0624 e. The van der Waals surface area contributed by atoms with Gasteiger partial charge < -0.3 is 5.32 Å². The number of nitrogens with one attached hydrogen (secondary N) is 1. The van der Waals surface area contributed by atoms with Gasteiger partial charge in [0.25, 0.3) is 0 Å². The average Bonchev–Trinajstić information content (AvgIpc) is 2.49. The van der Waals surface area contributed by atoms with Gasteiger partial charge >= 0.3 is 0 Å². The van der Waals surface area contributed by atoms with E-state index in [1.54, 1.807) is 0 Å². The van der Waals surface area contributed by atoms with Crippen molar-refractivity contribution in [1.29, 1.82) is 0 Å². The highest BCUT2D eigenvalue weighted by Crippen LogP contribution is 2.27. The first kappa shape index (κ1) is 15.7. The third-order valence-electron chi connectivity index (χ3n) is 3.10. The Kier molecular flexibility index (Phi) is 6.24. The molecule has 1 atom stereocenters. The Morgan fingerprint density at radius 3 is 2.50 bits per heavy atom. The lowest BCUT2D eigenvalue weighted by atomic mass is 10.1. The van der Waals surface area contributed by atoms with Gasteiger partial charge in [-0.2, -0.15) is 0 Å². The van der Waals surface area contributed by atoms with Crippen LogP contribution in [-0.4, -0.2) is 18.8 Å². The number of halogens is 2. The summed E-state index contributed by atoms with van der Waals surface area (Å²) < 4.78 is 0. The highest BCUT2D eigenvalue weighted by atomic mass is 35.5. The summed E-state index contributed by atoms with van der Waals surface area (Å²) in [5.41, 5.74) is 1.09. The molecule has 0 aliphatic heterocycles. The van der Waals surface area contributed by atoms with Gasteiger partial charge in [-0.05, 0) is 37.2 Å². The van der Waals surface area contributed by atoms with Gasteiger partial charge in [0.2, 0.25) is 0 Å². The molecular weight excluding hydrogens is 309 g/mol. The molecule has 0 spiro atoms. The van der Waals surface area contributed by atoms with Crippen LogP contribution < -0.4 is 5.32 Å². The van der Waals surface area contributed by atoms with Crippen molar-refractivity contribution in [2.45, 2.75) is 17.4 Å². The van der Waals surface area contributed by atoms with E-state index in [0.29, 0.717) is 16.1 Å². The van der Waals surface area contributed by atoms with Crippen LogP contribution >= 0.6 is 35.0 Å². The van der Waals surface area contributed by atoms with Crippen LogP contribution in [0.3, 0.4) is 0 Å². The molecule has 0 aliphatic rings.